The number of hydrogen-bond acceptors (Lipinski definition) is 3. The van der Waals surface area contributed by atoms with E-state index in [4.69, 9.17) is 0 Å². The van der Waals surface area contributed by atoms with Crippen LogP contribution >= 0.6 is 0 Å². The molecule has 0 radical (unpaired) electrons. The predicted molar refractivity (Wildman–Crippen MR) is 64.0 cm³/mol. The summed E-state index contributed by atoms with van der Waals surface area (Å²) in [6.07, 6.45) is 1.76. The van der Waals surface area contributed by atoms with Crippen molar-refractivity contribution in [3.63, 3.8) is 0 Å². The lowest BCUT2D eigenvalue weighted by atomic mass is 10.2. The number of aromatic nitrogens is 1. The summed E-state index contributed by atoms with van der Waals surface area (Å²) in [4.78, 5) is 15.6. The van der Waals surface area contributed by atoms with Crippen molar-refractivity contribution < 1.29 is 4.79 Å². The Hall–Kier alpha value is -1.42. The van der Waals surface area contributed by atoms with Gasteiger partial charge in [0.1, 0.15) is 0 Å². The number of hydrogen-bond donors (Lipinski definition) is 2. The van der Waals surface area contributed by atoms with Crippen LogP contribution in [0.3, 0.4) is 0 Å². The first-order valence-corrected chi connectivity index (χ1v) is 5.50. The van der Waals surface area contributed by atoms with Crippen LogP contribution in [0.15, 0.2) is 18.3 Å². The molecule has 1 heterocycles. The highest BCUT2D eigenvalue weighted by Crippen LogP contribution is 2.01. The van der Waals surface area contributed by atoms with E-state index in [0.717, 1.165) is 11.3 Å². The first-order chi connectivity index (χ1) is 7.59. The quantitative estimate of drug-likeness (QED) is 0.780. The van der Waals surface area contributed by atoms with E-state index in [0.29, 0.717) is 13.1 Å². The summed E-state index contributed by atoms with van der Waals surface area (Å²) >= 11 is 0. The van der Waals surface area contributed by atoms with Crippen LogP contribution in [-0.2, 0) is 11.3 Å². The van der Waals surface area contributed by atoms with Crippen molar-refractivity contribution in [1.29, 1.82) is 0 Å². The Labute approximate surface area is 96.5 Å². The largest absolute Gasteiger partial charge is 0.353 e. The van der Waals surface area contributed by atoms with Gasteiger partial charge in [0, 0.05) is 18.8 Å². The highest BCUT2D eigenvalue weighted by Gasteiger charge is 2.03. The molecule has 1 aromatic rings. The van der Waals surface area contributed by atoms with E-state index in [1.54, 1.807) is 6.20 Å². The van der Waals surface area contributed by atoms with Crippen molar-refractivity contribution in [2.45, 2.75) is 33.4 Å². The lowest BCUT2D eigenvalue weighted by Gasteiger charge is -2.09. The van der Waals surface area contributed by atoms with Gasteiger partial charge in [-0.3, -0.25) is 9.78 Å². The number of carbonyl (C=O) groups is 1. The highest BCUT2D eigenvalue weighted by atomic mass is 16.1. The van der Waals surface area contributed by atoms with Crippen LogP contribution in [0, 0.1) is 6.92 Å². The van der Waals surface area contributed by atoms with Crippen molar-refractivity contribution in [3.8, 4) is 0 Å². The molecule has 0 aromatic carbocycles. The van der Waals surface area contributed by atoms with E-state index < -0.39 is 0 Å². The van der Waals surface area contributed by atoms with Crippen molar-refractivity contribution >= 4 is 5.91 Å². The third kappa shape index (κ3) is 4.40. The van der Waals surface area contributed by atoms with E-state index in [1.807, 2.05) is 32.9 Å². The molecule has 1 amide bonds. The fourth-order valence-corrected chi connectivity index (χ4v) is 1.37. The van der Waals surface area contributed by atoms with Gasteiger partial charge in [-0.05, 0) is 32.4 Å². The summed E-state index contributed by atoms with van der Waals surface area (Å²) < 4.78 is 0. The molecule has 4 heteroatoms. The minimum atomic E-state index is 0.0172. The van der Waals surface area contributed by atoms with Crippen LogP contribution in [-0.4, -0.2) is 23.5 Å². The fraction of sp³-hybridized carbons (Fsp3) is 0.500. The molecular formula is C12H19N3O. The molecule has 0 saturated heterocycles. The van der Waals surface area contributed by atoms with Gasteiger partial charge < -0.3 is 10.6 Å². The first kappa shape index (κ1) is 12.6. The van der Waals surface area contributed by atoms with Crippen molar-refractivity contribution in [2.24, 2.45) is 0 Å². The zero-order valence-electron chi connectivity index (χ0n) is 10.1. The molecule has 4 nitrogen and oxygen atoms in total. The van der Waals surface area contributed by atoms with Gasteiger partial charge in [-0.1, -0.05) is 6.07 Å². The fourth-order valence-electron chi connectivity index (χ4n) is 1.37. The summed E-state index contributed by atoms with van der Waals surface area (Å²) in [5.74, 6) is 0.0172. The molecule has 88 valence electrons. The van der Waals surface area contributed by atoms with Crippen LogP contribution in [0.25, 0.3) is 0 Å². The van der Waals surface area contributed by atoms with Gasteiger partial charge >= 0.3 is 0 Å². The maximum Gasteiger partial charge on any atom is 0.234 e. The highest BCUT2D eigenvalue weighted by molar-refractivity contribution is 5.78. The van der Waals surface area contributed by atoms with Gasteiger partial charge in [-0.25, -0.2) is 0 Å². The molecule has 2 N–H and O–H groups in total. The third-order valence-electron chi connectivity index (χ3n) is 2.15. The van der Waals surface area contributed by atoms with Crippen LogP contribution in [0.2, 0.25) is 0 Å². The molecule has 0 spiro atoms. The second kappa shape index (κ2) is 6.23. The van der Waals surface area contributed by atoms with Gasteiger partial charge in [0.2, 0.25) is 5.91 Å². The van der Waals surface area contributed by atoms with Crippen molar-refractivity contribution in [2.75, 3.05) is 6.54 Å². The Morgan fingerprint density at radius 3 is 2.88 bits per heavy atom. The molecule has 0 aliphatic carbocycles. The lowest BCUT2D eigenvalue weighted by Crippen LogP contribution is -2.37. The second-order valence-corrected chi connectivity index (χ2v) is 4.09. The maximum absolute atomic E-state index is 11.3. The van der Waals surface area contributed by atoms with Crippen molar-refractivity contribution in [1.82, 2.24) is 15.6 Å². The smallest absolute Gasteiger partial charge is 0.234 e. The monoisotopic (exact) mass is 221 g/mol. The van der Waals surface area contributed by atoms with Gasteiger partial charge in [0.05, 0.1) is 12.2 Å². The van der Waals surface area contributed by atoms with Crippen molar-refractivity contribution in [3.05, 3.63) is 29.6 Å². The summed E-state index contributed by atoms with van der Waals surface area (Å²) in [5.41, 5.74) is 2.12. The van der Waals surface area contributed by atoms with Gasteiger partial charge in [0.25, 0.3) is 0 Å². The van der Waals surface area contributed by atoms with E-state index in [9.17, 15) is 4.79 Å². The Balaban J connectivity index is 2.31. The molecular weight excluding hydrogens is 202 g/mol. The minimum Gasteiger partial charge on any atom is -0.353 e. The summed E-state index contributed by atoms with van der Waals surface area (Å²) in [6, 6.07) is 4.11. The Morgan fingerprint density at radius 1 is 1.50 bits per heavy atom. The predicted octanol–water partition coefficient (Wildman–Crippen LogP) is 1.00. The average molecular weight is 221 g/mol. The van der Waals surface area contributed by atoms with E-state index >= 15 is 0 Å². The van der Waals surface area contributed by atoms with Gasteiger partial charge in [0.15, 0.2) is 0 Å². The number of nitrogens with zero attached hydrogens (tertiary/aromatic N) is 1. The summed E-state index contributed by atoms with van der Waals surface area (Å²) in [7, 11) is 0. The number of amides is 1. The molecule has 0 unspecified atom stereocenters. The standard InChI is InChI=1S/C12H19N3O/c1-9(2)15-12(16)8-13-7-11-10(3)5-4-6-14-11/h4-6,9,13H,7-8H2,1-3H3,(H,15,16). The molecule has 0 saturated carbocycles. The Kier molecular flexibility index (Phi) is 4.92. The lowest BCUT2D eigenvalue weighted by molar-refractivity contribution is -0.120. The van der Waals surface area contributed by atoms with Crippen LogP contribution in [0.1, 0.15) is 25.1 Å². The molecule has 0 fully saturated rings. The Morgan fingerprint density at radius 2 is 2.25 bits per heavy atom. The number of nitrogens with one attached hydrogen (secondary N) is 2. The maximum atomic E-state index is 11.3. The SMILES string of the molecule is Cc1cccnc1CNCC(=O)NC(C)C. The second-order valence-electron chi connectivity index (χ2n) is 4.09. The topological polar surface area (TPSA) is 54.0 Å². The number of aryl methyl sites for hydroxylation is 1. The van der Waals surface area contributed by atoms with Crippen LogP contribution in [0.4, 0.5) is 0 Å². The zero-order valence-corrected chi connectivity index (χ0v) is 10.1. The molecule has 0 aliphatic rings. The average Bonchev–Trinajstić information content (AvgIpc) is 2.19. The number of rotatable bonds is 5. The van der Waals surface area contributed by atoms with Crippen LogP contribution in [0.5, 0.6) is 0 Å². The zero-order chi connectivity index (χ0) is 12.0. The van der Waals surface area contributed by atoms with Crippen LogP contribution < -0.4 is 10.6 Å². The normalized spacial score (nSPS) is 10.5. The number of carbonyl (C=O) groups excluding carboxylic acids is 1. The molecule has 0 bridgehead atoms. The first-order valence-electron chi connectivity index (χ1n) is 5.50. The van der Waals surface area contributed by atoms with E-state index in [-0.39, 0.29) is 11.9 Å². The minimum absolute atomic E-state index is 0.0172. The van der Waals surface area contributed by atoms with Gasteiger partial charge in [-0.15, -0.1) is 0 Å². The molecule has 1 rings (SSSR count). The number of pyridine rings is 1. The molecule has 0 atom stereocenters. The van der Waals surface area contributed by atoms with E-state index in [1.165, 1.54) is 0 Å². The summed E-state index contributed by atoms with van der Waals surface area (Å²) in [6.45, 7) is 6.85. The van der Waals surface area contributed by atoms with E-state index in [2.05, 4.69) is 15.6 Å². The Bertz CT molecular complexity index is 350. The molecule has 0 aliphatic heterocycles. The van der Waals surface area contributed by atoms with Gasteiger partial charge in [-0.2, -0.15) is 0 Å². The summed E-state index contributed by atoms with van der Waals surface area (Å²) in [5, 5.41) is 5.89. The molecule has 16 heavy (non-hydrogen) atoms. The third-order valence-corrected chi connectivity index (χ3v) is 2.15. The molecule has 1 aromatic heterocycles.